The molecule has 37 heavy (non-hydrogen) atoms. The Morgan fingerprint density at radius 2 is 1.70 bits per heavy atom. The van der Waals surface area contributed by atoms with E-state index in [1.165, 1.54) is 58.0 Å². The van der Waals surface area contributed by atoms with Crippen LogP contribution in [0.3, 0.4) is 0 Å². The molecule has 3 aliphatic carbocycles. The zero-order valence-corrected chi connectivity index (χ0v) is 21.8. The zero-order valence-electron chi connectivity index (χ0n) is 21.8. The van der Waals surface area contributed by atoms with Crippen LogP contribution in [0.4, 0.5) is 0 Å². The fourth-order valence-corrected chi connectivity index (χ4v) is 7.88. The van der Waals surface area contributed by atoms with Gasteiger partial charge in [-0.2, -0.15) is 0 Å². The van der Waals surface area contributed by atoms with Crippen LogP contribution in [0, 0.1) is 17.8 Å². The van der Waals surface area contributed by atoms with E-state index in [1.807, 2.05) is 18.2 Å². The topological polar surface area (TPSA) is 99.2 Å². The summed E-state index contributed by atoms with van der Waals surface area (Å²) in [6, 6.07) is 6.28. The number of ether oxygens (including phenoxy) is 1. The number of aliphatic hydroxyl groups excluding tert-OH is 1. The SMILES string of the molecule is CO.O=C1NC(=O)C2(N3Cc4cc(OC5CCCC5N5CC(C6CCCCC6)C5)ccc4C3=O)CC1C2. The third kappa shape index (κ3) is 4.07. The lowest BCUT2D eigenvalue weighted by atomic mass is 9.63. The van der Waals surface area contributed by atoms with E-state index in [9.17, 15) is 14.4 Å². The van der Waals surface area contributed by atoms with Crippen molar-refractivity contribution >= 4 is 17.7 Å². The molecule has 0 aromatic heterocycles. The number of aliphatic hydroxyl groups is 1. The molecule has 4 aliphatic heterocycles. The van der Waals surface area contributed by atoms with Crippen LogP contribution in [0.1, 0.15) is 80.1 Å². The Labute approximate surface area is 218 Å². The molecule has 7 aliphatic rings. The number of rotatable bonds is 5. The van der Waals surface area contributed by atoms with Gasteiger partial charge in [-0.3, -0.25) is 24.6 Å². The molecule has 1 aromatic carbocycles. The van der Waals surface area contributed by atoms with Crippen LogP contribution in [0.15, 0.2) is 18.2 Å². The van der Waals surface area contributed by atoms with Crippen LogP contribution >= 0.6 is 0 Å². The second-order valence-corrected chi connectivity index (χ2v) is 11.9. The first-order valence-corrected chi connectivity index (χ1v) is 14.2. The second kappa shape index (κ2) is 9.70. The van der Waals surface area contributed by atoms with Gasteiger partial charge in [-0.15, -0.1) is 0 Å². The van der Waals surface area contributed by atoms with Crippen LogP contribution in [0.25, 0.3) is 0 Å². The van der Waals surface area contributed by atoms with Gasteiger partial charge in [-0.25, -0.2) is 0 Å². The van der Waals surface area contributed by atoms with Gasteiger partial charge < -0.3 is 14.7 Å². The number of carbonyl (C=O) groups excluding carboxylic acids is 3. The third-order valence-electron chi connectivity index (χ3n) is 10.0. The first-order valence-electron chi connectivity index (χ1n) is 14.2. The number of nitrogens with one attached hydrogen (secondary N) is 1. The fourth-order valence-electron chi connectivity index (χ4n) is 7.88. The molecule has 2 unspecified atom stereocenters. The van der Waals surface area contributed by atoms with Gasteiger partial charge in [0.05, 0.1) is 0 Å². The Hall–Kier alpha value is -2.45. The second-order valence-electron chi connectivity index (χ2n) is 11.9. The minimum absolute atomic E-state index is 0.109. The summed E-state index contributed by atoms with van der Waals surface area (Å²) in [6.45, 7) is 2.87. The van der Waals surface area contributed by atoms with Crippen LogP contribution in [0.2, 0.25) is 0 Å². The fraction of sp³-hybridized carbons (Fsp3) is 0.690. The van der Waals surface area contributed by atoms with Crippen molar-refractivity contribution in [3.05, 3.63) is 29.3 Å². The average molecular weight is 510 g/mol. The average Bonchev–Trinajstić information content (AvgIpc) is 3.43. The Bertz CT molecular complexity index is 1070. The van der Waals surface area contributed by atoms with Crippen molar-refractivity contribution in [1.82, 2.24) is 15.1 Å². The number of fused-ring (bicyclic) bond motifs is 3. The van der Waals surface area contributed by atoms with E-state index in [-0.39, 0.29) is 29.7 Å². The van der Waals surface area contributed by atoms with Gasteiger partial charge in [-0.1, -0.05) is 32.1 Å². The molecule has 3 saturated carbocycles. The lowest BCUT2D eigenvalue weighted by Gasteiger charge is -2.53. The van der Waals surface area contributed by atoms with Crippen molar-refractivity contribution in [1.29, 1.82) is 0 Å². The molecule has 0 radical (unpaired) electrons. The number of carbonyl (C=O) groups is 3. The summed E-state index contributed by atoms with van der Waals surface area (Å²) in [4.78, 5) is 42.0. The van der Waals surface area contributed by atoms with Gasteiger partial charge in [0.1, 0.15) is 17.4 Å². The molecule has 6 fully saturated rings. The quantitative estimate of drug-likeness (QED) is 0.593. The smallest absolute Gasteiger partial charge is 0.255 e. The highest BCUT2D eigenvalue weighted by molar-refractivity contribution is 6.10. The van der Waals surface area contributed by atoms with Gasteiger partial charge in [-0.05, 0) is 67.7 Å². The number of amides is 3. The third-order valence-corrected chi connectivity index (χ3v) is 10.0. The Morgan fingerprint density at radius 3 is 2.43 bits per heavy atom. The van der Waals surface area contributed by atoms with E-state index < -0.39 is 5.54 Å². The van der Waals surface area contributed by atoms with Crippen molar-refractivity contribution in [2.24, 2.45) is 17.8 Å². The molecule has 8 heteroatoms. The largest absolute Gasteiger partial charge is 0.489 e. The molecule has 8 rings (SSSR count). The summed E-state index contributed by atoms with van der Waals surface area (Å²) in [5.74, 6) is 1.86. The number of imide groups is 1. The molecule has 1 aromatic rings. The van der Waals surface area contributed by atoms with Crippen LogP contribution in [-0.4, -0.2) is 70.5 Å². The Morgan fingerprint density at radius 1 is 0.946 bits per heavy atom. The standard InChI is InChI=1S/C28H35N3O4.CH4O/c32-25-19-12-28(13-19,27(34)29-25)31-16-18-11-21(9-10-22(18)26(31)33)35-24-8-4-7-23(24)30-14-20(15-30)17-5-2-1-3-6-17;1-2/h9-11,17,19-20,23-24H,1-8,12-16H2,(H,29,32,34);2H,1H3. The van der Waals surface area contributed by atoms with Crippen molar-refractivity contribution in [3.8, 4) is 5.75 Å². The van der Waals surface area contributed by atoms with Crippen LogP contribution < -0.4 is 10.1 Å². The maximum atomic E-state index is 13.2. The molecule has 3 amide bonds. The van der Waals surface area contributed by atoms with Crippen molar-refractivity contribution in [2.75, 3.05) is 20.2 Å². The van der Waals surface area contributed by atoms with Crippen molar-refractivity contribution in [3.63, 3.8) is 0 Å². The number of likely N-dealkylation sites (tertiary alicyclic amines) is 1. The molecule has 0 spiro atoms. The summed E-state index contributed by atoms with van der Waals surface area (Å²) in [6.07, 6.45) is 11.7. The first kappa shape index (κ1) is 24.9. The molecule has 8 nitrogen and oxygen atoms in total. The van der Waals surface area contributed by atoms with E-state index >= 15 is 0 Å². The number of hydrogen-bond donors (Lipinski definition) is 2. The highest BCUT2D eigenvalue weighted by atomic mass is 16.5. The van der Waals surface area contributed by atoms with Gasteiger partial charge in [0.25, 0.3) is 11.8 Å². The molecule has 2 N–H and O–H groups in total. The van der Waals surface area contributed by atoms with E-state index in [0.717, 1.165) is 36.7 Å². The molecule has 4 heterocycles. The highest BCUT2D eigenvalue weighted by Gasteiger charge is 2.63. The maximum Gasteiger partial charge on any atom is 0.255 e. The van der Waals surface area contributed by atoms with E-state index in [4.69, 9.17) is 9.84 Å². The van der Waals surface area contributed by atoms with Gasteiger partial charge in [0, 0.05) is 44.3 Å². The maximum absolute atomic E-state index is 13.2. The van der Waals surface area contributed by atoms with Crippen molar-refractivity contribution in [2.45, 2.75) is 88.4 Å². The molecule has 2 atom stereocenters. The number of hydrogen-bond acceptors (Lipinski definition) is 6. The molecule has 2 bridgehead atoms. The minimum Gasteiger partial charge on any atom is -0.489 e. The zero-order chi connectivity index (χ0) is 25.7. The summed E-state index contributed by atoms with van der Waals surface area (Å²) in [5, 5.41) is 9.45. The summed E-state index contributed by atoms with van der Waals surface area (Å²) in [7, 11) is 1.00. The van der Waals surface area contributed by atoms with Gasteiger partial charge in [0.15, 0.2) is 0 Å². The molecule has 3 saturated heterocycles. The summed E-state index contributed by atoms with van der Waals surface area (Å²) >= 11 is 0. The number of nitrogens with zero attached hydrogens (tertiary/aromatic N) is 2. The number of piperidine rings is 2. The highest BCUT2D eigenvalue weighted by Crippen LogP contribution is 2.49. The normalized spacial score (nSPS) is 33.7. The van der Waals surface area contributed by atoms with Crippen LogP contribution in [0.5, 0.6) is 5.75 Å². The van der Waals surface area contributed by atoms with E-state index in [1.54, 1.807) is 4.90 Å². The Balaban J connectivity index is 0.00000123. The first-order chi connectivity index (χ1) is 18.0. The van der Waals surface area contributed by atoms with E-state index in [0.29, 0.717) is 31.0 Å². The van der Waals surface area contributed by atoms with Crippen molar-refractivity contribution < 1.29 is 24.2 Å². The van der Waals surface area contributed by atoms with Gasteiger partial charge in [0.2, 0.25) is 5.91 Å². The lowest BCUT2D eigenvalue weighted by molar-refractivity contribution is -0.160. The van der Waals surface area contributed by atoms with Gasteiger partial charge >= 0.3 is 0 Å². The minimum atomic E-state index is -0.862. The molecule has 200 valence electrons. The number of benzene rings is 1. The monoisotopic (exact) mass is 509 g/mol. The summed E-state index contributed by atoms with van der Waals surface area (Å²) in [5.41, 5.74) is 0.713. The predicted molar refractivity (Wildman–Crippen MR) is 137 cm³/mol. The van der Waals surface area contributed by atoms with Crippen LogP contribution in [-0.2, 0) is 16.1 Å². The lowest BCUT2D eigenvalue weighted by Crippen LogP contribution is -2.73. The summed E-state index contributed by atoms with van der Waals surface area (Å²) < 4.78 is 6.54. The Kier molecular flexibility index (Phi) is 6.51. The predicted octanol–water partition coefficient (Wildman–Crippen LogP) is 2.87. The molecular weight excluding hydrogens is 470 g/mol. The van der Waals surface area contributed by atoms with E-state index in [2.05, 4.69) is 10.2 Å². The molecular formula is C29H39N3O5.